The molecule has 156 valence electrons. The third-order valence-electron chi connectivity index (χ3n) is 4.35. The molecule has 0 saturated heterocycles. The summed E-state index contributed by atoms with van der Waals surface area (Å²) >= 11 is 0. The SMILES string of the molecule is CC(C)=N/C(=C\Cc1ccc(C#N)c(OCc2ccccc2F)n1)c1ccc(F)cc1. The number of nitrogens with zero attached hydrogens (tertiary/aromatic N) is 3. The van der Waals surface area contributed by atoms with Gasteiger partial charge in [0.2, 0.25) is 5.88 Å². The number of aliphatic imine (C=N–C) groups is 1. The Morgan fingerprint density at radius 1 is 1.06 bits per heavy atom. The van der Waals surface area contributed by atoms with Gasteiger partial charge in [0, 0.05) is 23.4 Å². The minimum atomic E-state index is -0.378. The molecule has 1 aromatic heterocycles. The van der Waals surface area contributed by atoms with E-state index < -0.39 is 0 Å². The monoisotopic (exact) mass is 417 g/mol. The second-order valence-electron chi connectivity index (χ2n) is 7.01. The summed E-state index contributed by atoms with van der Waals surface area (Å²) in [7, 11) is 0. The molecule has 0 aliphatic rings. The van der Waals surface area contributed by atoms with Gasteiger partial charge in [0.1, 0.15) is 29.9 Å². The number of halogens is 2. The first-order valence-electron chi connectivity index (χ1n) is 9.70. The molecule has 0 radical (unpaired) electrons. The van der Waals surface area contributed by atoms with E-state index in [1.807, 2.05) is 26.0 Å². The van der Waals surface area contributed by atoms with Gasteiger partial charge in [0.15, 0.2) is 0 Å². The number of rotatable bonds is 7. The molecule has 0 atom stereocenters. The fraction of sp³-hybridized carbons (Fsp3) is 0.160. The molecular weight excluding hydrogens is 396 g/mol. The number of hydrogen-bond donors (Lipinski definition) is 0. The Balaban J connectivity index is 1.84. The van der Waals surface area contributed by atoms with E-state index in [0.29, 0.717) is 23.4 Å². The smallest absolute Gasteiger partial charge is 0.232 e. The van der Waals surface area contributed by atoms with Crippen molar-refractivity contribution in [2.75, 3.05) is 0 Å². The van der Waals surface area contributed by atoms with Crippen LogP contribution in [0.2, 0.25) is 0 Å². The van der Waals surface area contributed by atoms with Gasteiger partial charge in [-0.15, -0.1) is 0 Å². The summed E-state index contributed by atoms with van der Waals surface area (Å²) in [5.74, 6) is -0.544. The van der Waals surface area contributed by atoms with Crippen molar-refractivity contribution < 1.29 is 13.5 Å². The topological polar surface area (TPSA) is 58.3 Å². The minimum absolute atomic E-state index is 0.0339. The first kappa shape index (κ1) is 21.8. The van der Waals surface area contributed by atoms with Crippen LogP contribution in [0.25, 0.3) is 5.70 Å². The molecule has 0 N–H and O–H groups in total. The van der Waals surface area contributed by atoms with Crippen LogP contribution in [-0.4, -0.2) is 10.7 Å². The van der Waals surface area contributed by atoms with Crippen molar-refractivity contribution in [2.45, 2.75) is 26.9 Å². The lowest BCUT2D eigenvalue weighted by atomic mass is 10.1. The number of hydrogen-bond acceptors (Lipinski definition) is 4. The molecule has 0 unspecified atom stereocenters. The zero-order chi connectivity index (χ0) is 22.2. The Morgan fingerprint density at radius 2 is 1.81 bits per heavy atom. The number of benzene rings is 2. The molecule has 0 bridgehead atoms. The summed E-state index contributed by atoms with van der Waals surface area (Å²) in [5.41, 5.74) is 3.64. The summed E-state index contributed by atoms with van der Waals surface area (Å²) in [5, 5.41) is 9.35. The molecule has 2 aromatic carbocycles. The van der Waals surface area contributed by atoms with Crippen molar-refractivity contribution in [3.05, 3.63) is 101 Å². The van der Waals surface area contributed by atoms with Gasteiger partial charge >= 0.3 is 0 Å². The number of pyridine rings is 1. The zero-order valence-corrected chi connectivity index (χ0v) is 17.3. The van der Waals surface area contributed by atoms with Gasteiger partial charge < -0.3 is 4.74 Å². The Hall–Kier alpha value is -3.85. The van der Waals surface area contributed by atoms with Crippen molar-refractivity contribution in [1.29, 1.82) is 5.26 Å². The Bertz CT molecular complexity index is 1160. The molecule has 0 aliphatic carbocycles. The summed E-state index contributed by atoms with van der Waals surface area (Å²) in [6.45, 7) is 3.73. The van der Waals surface area contributed by atoms with Crippen molar-refractivity contribution in [3.8, 4) is 11.9 Å². The number of ether oxygens (including phenoxy) is 1. The van der Waals surface area contributed by atoms with Crippen LogP contribution in [0, 0.1) is 23.0 Å². The van der Waals surface area contributed by atoms with E-state index in [1.54, 1.807) is 42.5 Å². The van der Waals surface area contributed by atoms with Crippen LogP contribution in [-0.2, 0) is 13.0 Å². The predicted octanol–water partition coefficient (Wildman–Crippen LogP) is 5.87. The summed E-state index contributed by atoms with van der Waals surface area (Å²) in [4.78, 5) is 8.96. The van der Waals surface area contributed by atoms with Gasteiger partial charge in [-0.05, 0) is 61.9 Å². The maximum atomic E-state index is 13.8. The van der Waals surface area contributed by atoms with Crippen LogP contribution in [0.15, 0.2) is 71.7 Å². The molecule has 3 rings (SSSR count). The fourth-order valence-electron chi connectivity index (χ4n) is 2.84. The molecule has 3 aromatic rings. The van der Waals surface area contributed by atoms with E-state index in [2.05, 4.69) is 9.98 Å². The summed E-state index contributed by atoms with van der Waals surface area (Å²) in [6.07, 6.45) is 2.31. The number of nitriles is 1. The van der Waals surface area contributed by atoms with Gasteiger partial charge in [-0.1, -0.05) is 24.3 Å². The number of aromatic nitrogens is 1. The van der Waals surface area contributed by atoms with E-state index in [0.717, 1.165) is 11.3 Å². The molecular formula is C25H21F2N3O. The van der Waals surface area contributed by atoms with Crippen LogP contribution in [0.5, 0.6) is 5.88 Å². The standard InChI is InChI=1S/C25H21F2N3O/c1-17(2)29-24(18-7-10-21(26)11-8-18)14-13-22-12-9-19(15-28)25(30-22)31-16-20-5-3-4-6-23(20)27/h3-12,14H,13,16H2,1-2H3/b24-14-. The fourth-order valence-corrected chi connectivity index (χ4v) is 2.84. The first-order chi connectivity index (χ1) is 15.0. The average Bonchev–Trinajstić information content (AvgIpc) is 2.76. The Kier molecular flexibility index (Phi) is 7.23. The highest BCUT2D eigenvalue weighted by Gasteiger charge is 2.10. The van der Waals surface area contributed by atoms with Crippen LogP contribution in [0.1, 0.15) is 36.2 Å². The lowest BCUT2D eigenvalue weighted by Gasteiger charge is -2.09. The molecule has 0 aliphatic heterocycles. The molecule has 31 heavy (non-hydrogen) atoms. The van der Waals surface area contributed by atoms with E-state index in [1.165, 1.54) is 18.2 Å². The van der Waals surface area contributed by atoms with Gasteiger partial charge in [-0.3, -0.25) is 4.99 Å². The molecule has 0 amide bonds. The average molecular weight is 417 g/mol. The zero-order valence-electron chi connectivity index (χ0n) is 17.3. The van der Waals surface area contributed by atoms with E-state index in [4.69, 9.17) is 4.74 Å². The first-order valence-corrected chi connectivity index (χ1v) is 9.70. The van der Waals surface area contributed by atoms with Gasteiger partial charge in [0.25, 0.3) is 0 Å². The Labute approximate surface area is 180 Å². The summed E-state index contributed by atoms with van der Waals surface area (Å²) < 4.78 is 32.8. The molecule has 6 heteroatoms. The van der Waals surface area contributed by atoms with Gasteiger partial charge in [-0.25, -0.2) is 13.8 Å². The molecule has 0 saturated carbocycles. The van der Waals surface area contributed by atoms with Crippen molar-refractivity contribution in [1.82, 2.24) is 4.98 Å². The van der Waals surface area contributed by atoms with Crippen LogP contribution in [0.3, 0.4) is 0 Å². The predicted molar refractivity (Wildman–Crippen MR) is 117 cm³/mol. The van der Waals surface area contributed by atoms with Crippen molar-refractivity contribution in [2.24, 2.45) is 4.99 Å². The maximum Gasteiger partial charge on any atom is 0.232 e. The van der Waals surface area contributed by atoms with Crippen molar-refractivity contribution >= 4 is 11.4 Å². The molecule has 0 fully saturated rings. The highest BCUT2D eigenvalue weighted by molar-refractivity contribution is 5.86. The Morgan fingerprint density at radius 3 is 2.48 bits per heavy atom. The normalized spacial score (nSPS) is 11.0. The van der Waals surface area contributed by atoms with Crippen LogP contribution < -0.4 is 4.74 Å². The van der Waals surface area contributed by atoms with E-state index in [9.17, 15) is 14.0 Å². The highest BCUT2D eigenvalue weighted by atomic mass is 19.1. The summed E-state index contributed by atoms with van der Waals surface area (Å²) in [6, 6.07) is 17.8. The largest absolute Gasteiger partial charge is 0.472 e. The second kappa shape index (κ2) is 10.3. The molecule has 1 heterocycles. The van der Waals surface area contributed by atoms with E-state index >= 15 is 0 Å². The maximum absolute atomic E-state index is 13.8. The lowest BCUT2D eigenvalue weighted by molar-refractivity contribution is 0.286. The van der Waals surface area contributed by atoms with Crippen molar-refractivity contribution in [3.63, 3.8) is 0 Å². The molecule has 4 nitrogen and oxygen atoms in total. The highest BCUT2D eigenvalue weighted by Crippen LogP contribution is 2.21. The second-order valence-corrected chi connectivity index (χ2v) is 7.01. The van der Waals surface area contributed by atoms with Crippen LogP contribution >= 0.6 is 0 Å². The third kappa shape index (κ3) is 6.06. The minimum Gasteiger partial charge on any atom is -0.472 e. The van der Waals surface area contributed by atoms with Crippen LogP contribution in [0.4, 0.5) is 8.78 Å². The lowest BCUT2D eigenvalue weighted by Crippen LogP contribution is -2.03. The van der Waals surface area contributed by atoms with Gasteiger partial charge in [0.05, 0.1) is 5.70 Å². The van der Waals surface area contributed by atoms with Gasteiger partial charge in [-0.2, -0.15) is 5.26 Å². The third-order valence-corrected chi connectivity index (χ3v) is 4.35. The van der Waals surface area contributed by atoms with E-state index in [-0.39, 0.29) is 29.7 Å². The number of allylic oxidation sites excluding steroid dienone is 1. The quantitative estimate of drug-likeness (QED) is 0.452. The molecule has 0 spiro atoms.